The van der Waals surface area contributed by atoms with E-state index in [-0.39, 0.29) is 5.56 Å². The number of hydrogen-bond donors (Lipinski definition) is 1. The van der Waals surface area contributed by atoms with Crippen molar-refractivity contribution in [1.29, 1.82) is 0 Å². The summed E-state index contributed by atoms with van der Waals surface area (Å²) >= 11 is 0. The van der Waals surface area contributed by atoms with Crippen LogP contribution < -0.4 is 0 Å². The van der Waals surface area contributed by atoms with Crippen LogP contribution in [0.25, 0.3) is 11.1 Å². The molecule has 4 aromatic rings. The molecule has 0 unspecified atom stereocenters. The molecule has 0 atom stereocenters. The van der Waals surface area contributed by atoms with Gasteiger partial charge in [0.2, 0.25) is 0 Å². The first kappa shape index (κ1) is 21.1. The summed E-state index contributed by atoms with van der Waals surface area (Å²) in [5.41, 5.74) is 3.83. The third-order valence-corrected chi connectivity index (χ3v) is 5.15. The molecule has 32 heavy (non-hydrogen) atoms. The topological polar surface area (TPSA) is 68.0 Å². The van der Waals surface area contributed by atoms with Crippen LogP contribution in [0.4, 0.5) is 0 Å². The van der Waals surface area contributed by atoms with Crippen molar-refractivity contribution in [3.05, 3.63) is 107 Å². The van der Waals surface area contributed by atoms with Gasteiger partial charge in [-0.15, -0.1) is 5.92 Å². The van der Waals surface area contributed by atoms with Crippen molar-refractivity contribution in [2.75, 3.05) is 0 Å². The Morgan fingerprint density at radius 2 is 1.69 bits per heavy atom. The number of benzene rings is 3. The molecule has 5 nitrogen and oxygen atoms in total. The van der Waals surface area contributed by atoms with E-state index < -0.39 is 5.97 Å². The largest absolute Gasteiger partial charge is 0.478 e. The quantitative estimate of drug-likeness (QED) is 0.433. The predicted octanol–water partition coefficient (Wildman–Crippen LogP) is 4.85. The summed E-state index contributed by atoms with van der Waals surface area (Å²) in [6.07, 6.45) is 1.12. The highest BCUT2D eigenvalue weighted by Crippen LogP contribution is 2.25. The van der Waals surface area contributed by atoms with Gasteiger partial charge in [0.05, 0.1) is 18.5 Å². The van der Waals surface area contributed by atoms with Crippen LogP contribution in [0.3, 0.4) is 0 Å². The zero-order valence-electron chi connectivity index (χ0n) is 17.8. The molecular weight excluding hydrogens is 398 g/mol. The van der Waals surface area contributed by atoms with E-state index in [0.29, 0.717) is 24.9 Å². The average molecular weight is 422 g/mol. The van der Waals surface area contributed by atoms with Crippen molar-refractivity contribution in [3.63, 3.8) is 0 Å². The second-order valence-electron chi connectivity index (χ2n) is 7.42. The second kappa shape index (κ2) is 9.76. The second-order valence-corrected chi connectivity index (χ2v) is 7.42. The summed E-state index contributed by atoms with van der Waals surface area (Å²) in [6, 6.07) is 25.2. The molecule has 0 radical (unpaired) electrons. The van der Waals surface area contributed by atoms with E-state index in [1.165, 1.54) is 0 Å². The van der Waals surface area contributed by atoms with E-state index in [4.69, 9.17) is 10.1 Å². The van der Waals surface area contributed by atoms with Gasteiger partial charge in [-0.3, -0.25) is 0 Å². The van der Waals surface area contributed by atoms with Gasteiger partial charge in [0.1, 0.15) is 5.82 Å². The van der Waals surface area contributed by atoms with Crippen molar-refractivity contribution in [3.8, 4) is 23.0 Å². The lowest BCUT2D eigenvalue weighted by molar-refractivity contribution is 0.0697. The zero-order chi connectivity index (χ0) is 22.3. The highest BCUT2D eigenvalue weighted by atomic mass is 16.4. The van der Waals surface area contributed by atoms with Gasteiger partial charge in [0.15, 0.2) is 5.82 Å². The van der Waals surface area contributed by atoms with Gasteiger partial charge in [-0.25, -0.2) is 14.5 Å². The lowest BCUT2D eigenvalue weighted by Crippen LogP contribution is -2.08. The predicted molar refractivity (Wildman–Crippen MR) is 124 cm³/mol. The summed E-state index contributed by atoms with van der Waals surface area (Å²) in [6.45, 7) is 2.23. The van der Waals surface area contributed by atoms with Crippen molar-refractivity contribution >= 4 is 5.97 Å². The van der Waals surface area contributed by atoms with Crippen molar-refractivity contribution < 1.29 is 9.90 Å². The lowest BCUT2D eigenvalue weighted by atomic mass is 9.97. The Kier molecular flexibility index (Phi) is 6.43. The zero-order valence-corrected chi connectivity index (χ0v) is 17.8. The fourth-order valence-electron chi connectivity index (χ4n) is 3.61. The van der Waals surface area contributed by atoms with Crippen LogP contribution in [0.15, 0.2) is 78.9 Å². The van der Waals surface area contributed by atoms with Crippen LogP contribution in [-0.2, 0) is 19.4 Å². The van der Waals surface area contributed by atoms with E-state index in [1.54, 1.807) is 13.0 Å². The van der Waals surface area contributed by atoms with Crippen LogP contribution in [0.5, 0.6) is 0 Å². The number of rotatable bonds is 7. The van der Waals surface area contributed by atoms with E-state index >= 15 is 0 Å². The molecule has 0 spiro atoms. The van der Waals surface area contributed by atoms with Crippen LogP contribution in [-0.4, -0.2) is 25.8 Å². The van der Waals surface area contributed by atoms with Gasteiger partial charge >= 0.3 is 5.97 Å². The highest BCUT2D eigenvalue weighted by Gasteiger charge is 2.15. The summed E-state index contributed by atoms with van der Waals surface area (Å²) in [5.74, 6) is 6.51. The van der Waals surface area contributed by atoms with Gasteiger partial charge in [-0.2, -0.15) is 5.10 Å². The summed E-state index contributed by atoms with van der Waals surface area (Å²) in [5, 5.41) is 14.5. The summed E-state index contributed by atoms with van der Waals surface area (Å²) in [7, 11) is 0. The summed E-state index contributed by atoms with van der Waals surface area (Å²) in [4.78, 5) is 16.7. The van der Waals surface area contributed by atoms with Crippen molar-refractivity contribution in [2.45, 2.75) is 26.3 Å². The third-order valence-electron chi connectivity index (χ3n) is 5.15. The fraction of sp³-hybridized carbons (Fsp3) is 0.148. The number of carboxylic acid groups (broad SMARTS) is 1. The first-order valence-corrected chi connectivity index (χ1v) is 10.4. The molecule has 158 valence electrons. The SMILES string of the molecule is CC#CCc1nc(Cc2ccccc2)nn1Cc1ccc(-c2ccccc2)c(C(=O)O)c1. The minimum Gasteiger partial charge on any atom is -0.478 e. The molecule has 5 heteroatoms. The molecule has 0 fully saturated rings. The first-order valence-electron chi connectivity index (χ1n) is 10.4. The highest BCUT2D eigenvalue weighted by molar-refractivity contribution is 5.96. The Hall–Kier alpha value is -4.17. The van der Waals surface area contributed by atoms with Gasteiger partial charge < -0.3 is 5.11 Å². The number of hydrogen-bond acceptors (Lipinski definition) is 3. The molecule has 0 aliphatic rings. The molecule has 0 saturated heterocycles. The molecule has 0 aliphatic carbocycles. The van der Waals surface area contributed by atoms with E-state index in [2.05, 4.69) is 11.8 Å². The molecular formula is C27H23N3O2. The van der Waals surface area contributed by atoms with E-state index in [0.717, 1.165) is 28.3 Å². The molecule has 3 aromatic carbocycles. The maximum absolute atomic E-state index is 12.0. The van der Waals surface area contributed by atoms with Gasteiger partial charge in [0.25, 0.3) is 0 Å². The molecule has 0 aliphatic heterocycles. The van der Waals surface area contributed by atoms with Crippen molar-refractivity contribution in [1.82, 2.24) is 14.8 Å². The number of aromatic nitrogens is 3. The number of carbonyl (C=O) groups is 1. The van der Waals surface area contributed by atoms with Crippen LogP contribution in [0, 0.1) is 11.8 Å². The molecule has 1 aromatic heterocycles. The van der Waals surface area contributed by atoms with E-state index in [9.17, 15) is 9.90 Å². The number of aromatic carboxylic acids is 1. The Morgan fingerprint density at radius 1 is 0.969 bits per heavy atom. The Labute approximate surface area is 187 Å². The lowest BCUT2D eigenvalue weighted by Gasteiger charge is -2.10. The smallest absolute Gasteiger partial charge is 0.336 e. The normalized spacial score (nSPS) is 10.4. The molecule has 0 bridgehead atoms. The Bertz CT molecular complexity index is 1280. The van der Waals surface area contributed by atoms with Gasteiger partial charge in [-0.05, 0) is 35.2 Å². The van der Waals surface area contributed by atoms with Gasteiger partial charge in [0, 0.05) is 6.42 Å². The maximum Gasteiger partial charge on any atom is 0.336 e. The number of carboxylic acids is 1. The summed E-state index contributed by atoms with van der Waals surface area (Å²) < 4.78 is 1.83. The van der Waals surface area contributed by atoms with Gasteiger partial charge in [-0.1, -0.05) is 78.7 Å². The monoisotopic (exact) mass is 421 g/mol. The average Bonchev–Trinajstić information content (AvgIpc) is 3.19. The first-order chi connectivity index (χ1) is 15.6. The standard InChI is InChI=1S/C27H23N3O2/c1-2-3-14-26-28-25(18-20-10-6-4-7-11-20)29-30(26)19-21-15-16-23(24(17-21)27(31)32)22-12-8-5-9-13-22/h4-13,15-17H,14,18-19H2,1H3,(H,31,32). The molecule has 0 amide bonds. The molecule has 0 saturated carbocycles. The minimum atomic E-state index is -0.953. The third kappa shape index (κ3) is 4.93. The molecule has 1 heterocycles. The maximum atomic E-state index is 12.0. The molecule has 1 N–H and O–H groups in total. The Morgan fingerprint density at radius 3 is 2.38 bits per heavy atom. The van der Waals surface area contributed by atoms with Crippen molar-refractivity contribution in [2.24, 2.45) is 0 Å². The van der Waals surface area contributed by atoms with Crippen LogP contribution in [0.1, 0.15) is 40.1 Å². The fourth-order valence-corrected chi connectivity index (χ4v) is 3.61. The Balaban J connectivity index is 1.65. The minimum absolute atomic E-state index is 0.272. The van der Waals surface area contributed by atoms with Crippen LogP contribution >= 0.6 is 0 Å². The molecule has 4 rings (SSSR count). The van der Waals surface area contributed by atoms with Crippen LogP contribution in [0.2, 0.25) is 0 Å². The number of nitrogens with zero attached hydrogens (tertiary/aromatic N) is 3. The van der Waals surface area contributed by atoms with E-state index in [1.807, 2.05) is 77.5 Å².